The van der Waals surface area contributed by atoms with Crippen molar-refractivity contribution >= 4 is 9.84 Å². The Morgan fingerprint density at radius 1 is 1.04 bits per heavy atom. The summed E-state index contributed by atoms with van der Waals surface area (Å²) >= 11 is 0. The third-order valence-corrected chi connectivity index (χ3v) is 5.13. The largest absolute Gasteiger partial charge is 0.488 e. The van der Waals surface area contributed by atoms with Crippen molar-refractivity contribution in [3.63, 3.8) is 0 Å². The van der Waals surface area contributed by atoms with Crippen LogP contribution in [-0.4, -0.2) is 38.8 Å². The maximum Gasteiger partial charge on any atom is 0.175 e. The summed E-state index contributed by atoms with van der Waals surface area (Å²) in [5, 5.41) is 0. The third-order valence-electron chi connectivity index (χ3n) is 4.01. The number of aryl methyl sites for hydroxylation is 1. The van der Waals surface area contributed by atoms with Gasteiger partial charge in [-0.05, 0) is 36.8 Å². The SMILES string of the molecule is Cc1ccc(OC2CN(Cc3ccc(S(C)(=O)=O)cc3)C2)cc1. The van der Waals surface area contributed by atoms with Crippen LogP contribution < -0.4 is 4.74 Å². The Balaban J connectivity index is 1.49. The molecule has 4 nitrogen and oxygen atoms in total. The second kappa shape index (κ2) is 6.34. The van der Waals surface area contributed by atoms with Crippen molar-refractivity contribution in [3.8, 4) is 5.75 Å². The summed E-state index contributed by atoms with van der Waals surface area (Å²) in [5.41, 5.74) is 2.34. The monoisotopic (exact) mass is 331 g/mol. The van der Waals surface area contributed by atoms with Crippen LogP contribution >= 0.6 is 0 Å². The minimum absolute atomic E-state index is 0.230. The van der Waals surface area contributed by atoms with Crippen molar-refractivity contribution in [2.24, 2.45) is 0 Å². The molecular formula is C18H21NO3S. The highest BCUT2D eigenvalue weighted by molar-refractivity contribution is 7.90. The second-order valence-electron chi connectivity index (χ2n) is 6.16. The quantitative estimate of drug-likeness (QED) is 0.845. The van der Waals surface area contributed by atoms with Gasteiger partial charge in [0.25, 0.3) is 0 Å². The topological polar surface area (TPSA) is 46.6 Å². The molecule has 2 aromatic carbocycles. The highest BCUT2D eigenvalue weighted by Gasteiger charge is 2.28. The molecule has 0 radical (unpaired) electrons. The van der Waals surface area contributed by atoms with Gasteiger partial charge in [0.15, 0.2) is 9.84 Å². The smallest absolute Gasteiger partial charge is 0.175 e. The van der Waals surface area contributed by atoms with Gasteiger partial charge in [-0.25, -0.2) is 8.42 Å². The number of hydrogen-bond donors (Lipinski definition) is 0. The molecule has 1 aliphatic rings. The van der Waals surface area contributed by atoms with Crippen molar-refractivity contribution in [3.05, 3.63) is 59.7 Å². The zero-order chi connectivity index (χ0) is 16.4. The molecule has 2 aromatic rings. The zero-order valence-corrected chi connectivity index (χ0v) is 14.2. The van der Waals surface area contributed by atoms with Crippen LogP contribution in [0, 0.1) is 6.92 Å². The summed E-state index contributed by atoms with van der Waals surface area (Å²) in [4.78, 5) is 2.65. The van der Waals surface area contributed by atoms with Gasteiger partial charge in [-0.1, -0.05) is 29.8 Å². The van der Waals surface area contributed by atoms with E-state index in [2.05, 4.69) is 24.0 Å². The van der Waals surface area contributed by atoms with Crippen LogP contribution in [0.1, 0.15) is 11.1 Å². The fourth-order valence-corrected chi connectivity index (χ4v) is 3.27. The molecule has 0 unspecified atom stereocenters. The van der Waals surface area contributed by atoms with Crippen LogP contribution in [0.2, 0.25) is 0 Å². The van der Waals surface area contributed by atoms with Gasteiger partial charge in [0, 0.05) is 25.9 Å². The molecule has 0 N–H and O–H groups in total. The van der Waals surface area contributed by atoms with Crippen LogP contribution in [0.3, 0.4) is 0 Å². The molecule has 0 aromatic heterocycles. The van der Waals surface area contributed by atoms with Crippen LogP contribution in [0.25, 0.3) is 0 Å². The Bertz CT molecular complexity index is 761. The zero-order valence-electron chi connectivity index (χ0n) is 13.4. The molecule has 122 valence electrons. The van der Waals surface area contributed by atoms with Crippen molar-refractivity contribution in [1.29, 1.82) is 0 Å². The number of hydrogen-bond acceptors (Lipinski definition) is 4. The van der Waals surface area contributed by atoms with E-state index >= 15 is 0 Å². The molecule has 1 fully saturated rings. The lowest BCUT2D eigenvalue weighted by Crippen LogP contribution is -2.53. The minimum Gasteiger partial charge on any atom is -0.488 e. The van der Waals surface area contributed by atoms with E-state index in [1.807, 2.05) is 24.3 Å². The van der Waals surface area contributed by atoms with Crippen LogP contribution in [0.15, 0.2) is 53.4 Å². The predicted molar refractivity (Wildman–Crippen MR) is 90.4 cm³/mol. The molecule has 0 spiro atoms. The lowest BCUT2D eigenvalue weighted by molar-refractivity contribution is 0.0145. The van der Waals surface area contributed by atoms with Crippen molar-refractivity contribution in [2.45, 2.75) is 24.5 Å². The van der Waals surface area contributed by atoms with E-state index < -0.39 is 9.84 Å². The first-order valence-electron chi connectivity index (χ1n) is 7.65. The molecule has 23 heavy (non-hydrogen) atoms. The number of benzene rings is 2. The van der Waals surface area contributed by atoms with E-state index in [-0.39, 0.29) is 6.10 Å². The molecule has 0 saturated carbocycles. The average molecular weight is 331 g/mol. The van der Waals surface area contributed by atoms with Gasteiger partial charge in [-0.15, -0.1) is 0 Å². The molecule has 1 heterocycles. The second-order valence-corrected chi connectivity index (χ2v) is 8.18. The molecular weight excluding hydrogens is 310 g/mol. The van der Waals surface area contributed by atoms with Gasteiger partial charge in [-0.3, -0.25) is 4.90 Å². The molecule has 3 rings (SSSR count). The van der Waals surface area contributed by atoms with E-state index in [4.69, 9.17) is 4.74 Å². The molecule has 0 aliphatic carbocycles. The van der Waals surface area contributed by atoms with Gasteiger partial charge in [0.05, 0.1) is 4.90 Å². The van der Waals surface area contributed by atoms with Crippen molar-refractivity contribution < 1.29 is 13.2 Å². The van der Waals surface area contributed by atoms with Gasteiger partial charge in [0.1, 0.15) is 11.9 Å². The Labute approximate surface area is 137 Å². The molecule has 0 atom stereocenters. The summed E-state index contributed by atoms with van der Waals surface area (Å²) in [5.74, 6) is 0.915. The maximum atomic E-state index is 11.4. The summed E-state index contributed by atoms with van der Waals surface area (Å²) < 4.78 is 28.8. The van der Waals surface area contributed by atoms with E-state index in [0.29, 0.717) is 4.90 Å². The van der Waals surface area contributed by atoms with Gasteiger partial charge in [0.2, 0.25) is 0 Å². The standard InChI is InChI=1S/C18H21NO3S/c1-14-3-7-16(8-4-14)22-17-12-19(13-17)11-15-5-9-18(10-6-15)23(2,20)21/h3-10,17H,11-13H2,1-2H3. The Morgan fingerprint density at radius 2 is 1.65 bits per heavy atom. The minimum atomic E-state index is -3.12. The Hall–Kier alpha value is -1.85. The molecule has 1 aliphatic heterocycles. The summed E-state index contributed by atoms with van der Waals surface area (Å²) in [6.07, 6.45) is 1.46. The Kier molecular flexibility index (Phi) is 4.41. The lowest BCUT2D eigenvalue weighted by atomic mass is 10.1. The average Bonchev–Trinajstić information content (AvgIpc) is 2.47. The predicted octanol–water partition coefficient (Wildman–Crippen LogP) is 2.66. The van der Waals surface area contributed by atoms with Gasteiger partial charge < -0.3 is 4.74 Å². The van der Waals surface area contributed by atoms with Crippen LogP contribution in [0.5, 0.6) is 5.75 Å². The number of rotatable bonds is 5. The lowest BCUT2D eigenvalue weighted by Gasteiger charge is -2.39. The number of ether oxygens (including phenoxy) is 1. The van der Waals surface area contributed by atoms with Crippen LogP contribution in [-0.2, 0) is 16.4 Å². The van der Waals surface area contributed by atoms with E-state index in [9.17, 15) is 8.42 Å². The number of likely N-dealkylation sites (tertiary alicyclic amines) is 1. The van der Waals surface area contributed by atoms with Crippen molar-refractivity contribution in [2.75, 3.05) is 19.3 Å². The fraction of sp³-hybridized carbons (Fsp3) is 0.333. The number of nitrogens with zero attached hydrogens (tertiary/aromatic N) is 1. The first kappa shape index (κ1) is 16.0. The number of sulfone groups is 1. The van der Waals surface area contributed by atoms with E-state index in [0.717, 1.165) is 30.9 Å². The Morgan fingerprint density at radius 3 is 2.22 bits per heavy atom. The van der Waals surface area contributed by atoms with Gasteiger partial charge in [-0.2, -0.15) is 0 Å². The highest BCUT2D eigenvalue weighted by atomic mass is 32.2. The first-order valence-corrected chi connectivity index (χ1v) is 9.54. The molecule has 1 saturated heterocycles. The normalized spacial score (nSPS) is 16.1. The highest BCUT2D eigenvalue weighted by Crippen LogP contribution is 2.21. The van der Waals surface area contributed by atoms with Gasteiger partial charge >= 0.3 is 0 Å². The summed E-state index contributed by atoms with van der Waals surface area (Å²) in [7, 11) is -3.12. The van der Waals surface area contributed by atoms with E-state index in [1.54, 1.807) is 12.1 Å². The molecule has 0 amide bonds. The molecule has 5 heteroatoms. The molecule has 0 bridgehead atoms. The first-order chi connectivity index (χ1) is 10.9. The summed E-state index contributed by atoms with van der Waals surface area (Å²) in [6.45, 7) is 4.66. The van der Waals surface area contributed by atoms with E-state index in [1.165, 1.54) is 11.8 Å². The fourth-order valence-electron chi connectivity index (χ4n) is 2.64. The maximum absolute atomic E-state index is 11.4. The van der Waals surface area contributed by atoms with Crippen molar-refractivity contribution in [1.82, 2.24) is 4.90 Å². The third kappa shape index (κ3) is 4.12. The van der Waals surface area contributed by atoms with Crippen LogP contribution in [0.4, 0.5) is 0 Å². The summed E-state index contributed by atoms with van der Waals surface area (Å²) in [6, 6.07) is 15.2.